The summed E-state index contributed by atoms with van der Waals surface area (Å²) in [6, 6.07) is 0. The van der Waals surface area contributed by atoms with E-state index in [2.05, 4.69) is 5.32 Å². The van der Waals surface area contributed by atoms with Gasteiger partial charge in [-0.05, 0) is 32.7 Å². The van der Waals surface area contributed by atoms with E-state index < -0.39 is 0 Å². The van der Waals surface area contributed by atoms with Crippen LogP contribution in [0.1, 0.15) is 26.2 Å². The molecular weight excluding hydrogens is 214 g/mol. The Kier molecular flexibility index (Phi) is 12.4. The van der Waals surface area contributed by atoms with Crippen LogP contribution in [0.3, 0.4) is 0 Å². The van der Waals surface area contributed by atoms with Gasteiger partial charge in [0.1, 0.15) is 0 Å². The molecule has 0 heterocycles. The fourth-order valence-electron chi connectivity index (χ4n) is 1.19. The summed E-state index contributed by atoms with van der Waals surface area (Å²) in [4.78, 5) is 0. The highest BCUT2D eigenvalue weighted by Crippen LogP contribution is 2.01. The van der Waals surface area contributed by atoms with Gasteiger partial charge in [-0.25, -0.2) is 0 Å². The van der Waals surface area contributed by atoms with Gasteiger partial charge in [0.25, 0.3) is 0 Å². The Morgan fingerprint density at radius 2 is 1.93 bits per heavy atom. The summed E-state index contributed by atoms with van der Waals surface area (Å²) < 4.78 is 10.3. The van der Waals surface area contributed by atoms with Crippen molar-refractivity contribution >= 4 is 11.6 Å². The number of rotatable bonds is 11. The standard InChI is InChI=1S/C11H24ClNO2/c1-11(12)5-3-6-13-7-10-15-9-4-8-14-2/h11,13H,3-10H2,1-2H3. The molecule has 0 aliphatic heterocycles. The molecule has 92 valence electrons. The first-order valence-electron chi connectivity index (χ1n) is 5.69. The third-order valence-corrected chi connectivity index (χ3v) is 2.23. The summed E-state index contributed by atoms with van der Waals surface area (Å²) in [5.41, 5.74) is 0. The van der Waals surface area contributed by atoms with E-state index in [0.717, 1.165) is 52.2 Å². The minimum Gasteiger partial charge on any atom is -0.385 e. The summed E-state index contributed by atoms with van der Waals surface area (Å²) in [6.07, 6.45) is 3.18. The van der Waals surface area contributed by atoms with Crippen molar-refractivity contribution in [3.63, 3.8) is 0 Å². The van der Waals surface area contributed by atoms with E-state index in [4.69, 9.17) is 21.1 Å². The maximum atomic E-state index is 5.82. The zero-order chi connectivity index (χ0) is 11.4. The third-order valence-electron chi connectivity index (χ3n) is 2.02. The monoisotopic (exact) mass is 237 g/mol. The van der Waals surface area contributed by atoms with Gasteiger partial charge in [0.15, 0.2) is 0 Å². The molecule has 0 radical (unpaired) electrons. The van der Waals surface area contributed by atoms with Crippen molar-refractivity contribution in [1.82, 2.24) is 5.32 Å². The van der Waals surface area contributed by atoms with Crippen molar-refractivity contribution in [1.29, 1.82) is 0 Å². The fraction of sp³-hybridized carbons (Fsp3) is 1.00. The predicted octanol–water partition coefficient (Wildman–Crippen LogP) is 2.04. The lowest BCUT2D eigenvalue weighted by Crippen LogP contribution is -2.21. The van der Waals surface area contributed by atoms with Crippen molar-refractivity contribution in [3.8, 4) is 0 Å². The summed E-state index contributed by atoms with van der Waals surface area (Å²) >= 11 is 5.82. The topological polar surface area (TPSA) is 30.5 Å². The normalized spacial score (nSPS) is 13.0. The van der Waals surface area contributed by atoms with E-state index in [1.165, 1.54) is 0 Å². The van der Waals surface area contributed by atoms with Crippen LogP contribution in [0.5, 0.6) is 0 Å². The molecule has 0 saturated heterocycles. The van der Waals surface area contributed by atoms with Gasteiger partial charge < -0.3 is 14.8 Å². The highest BCUT2D eigenvalue weighted by atomic mass is 35.5. The molecular formula is C11H24ClNO2. The van der Waals surface area contributed by atoms with E-state index >= 15 is 0 Å². The lowest BCUT2D eigenvalue weighted by atomic mass is 10.2. The number of alkyl halides is 1. The van der Waals surface area contributed by atoms with E-state index in [0.29, 0.717) is 0 Å². The van der Waals surface area contributed by atoms with Crippen LogP contribution in [0.15, 0.2) is 0 Å². The predicted molar refractivity (Wildman–Crippen MR) is 64.7 cm³/mol. The molecule has 0 rings (SSSR count). The second-order valence-corrected chi connectivity index (χ2v) is 4.38. The first kappa shape index (κ1) is 15.2. The zero-order valence-electron chi connectivity index (χ0n) is 9.93. The molecule has 0 aromatic rings. The first-order chi connectivity index (χ1) is 7.27. The van der Waals surface area contributed by atoms with Crippen molar-refractivity contribution in [2.75, 3.05) is 40.0 Å². The molecule has 15 heavy (non-hydrogen) atoms. The van der Waals surface area contributed by atoms with Crippen LogP contribution in [0.25, 0.3) is 0 Å². The second-order valence-electron chi connectivity index (χ2n) is 3.63. The van der Waals surface area contributed by atoms with Crippen LogP contribution in [0.4, 0.5) is 0 Å². The first-order valence-corrected chi connectivity index (χ1v) is 6.12. The molecule has 0 saturated carbocycles. The molecule has 0 aromatic carbocycles. The number of halogens is 1. The van der Waals surface area contributed by atoms with Gasteiger partial charge in [-0.2, -0.15) is 0 Å². The van der Waals surface area contributed by atoms with Crippen LogP contribution in [0.2, 0.25) is 0 Å². The largest absolute Gasteiger partial charge is 0.385 e. The summed E-state index contributed by atoms with van der Waals surface area (Å²) in [5, 5.41) is 3.61. The summed E-state index contributed by atoms with van der Waals surface area (Å²) in [6.45, 7) is 6.32. The van der Waals surface area contributed by atoms with E-state index in [-0.39, 0.29) is 5.38 Å². The minimum absolute atomic E-state index is 0.289. The average molecular weight is 238 g/mol. The Labute approximate surface area is 98.5 Å². The van der Waals surface area contributed by atoms with Crippen LogP contribution in [-0.4, -0.2) is 45.4 Å². The van der Waals surface area contributed by atoms with Crippen molar-refractivity contribution in [2.45, 2.75) is 31.6 Å². The van der Waals surface area contributed by atoms with Crippen LogP contribution in [0, 0.1) is 0 Å². The van der Waals surface area contributed by atoms with Crippen LogP contribution in [-0.2, 0) is 9.47 Å². The Hall–Kier alpha value is 0.170. The number of hydrogen-bond donors (Lipinski definition) is 1. The highest BCUT2D eigenvalue weighted by molar-refractivity contribution is 6.20. The number of methoxy groups -OCH3 is 1. The van der Waals surface area contributed by atoms with E-state index in [1.54, 1.807) is 7.11 Å². The lowest BCUT2D eigenvalue weighted by molar-refractivity contribution is 0.104. The quantitative estimate of drug-likeness (QED) is 0.441. The van der Waals surface area contributed by atoms with Gasteiger partial charge in [-0.15, -0.1) is 11.6 Å². The molecule has 0 aliphatic carbocycles. The number of hydrogen-bond acceptors (Lipinski definition) is 3. The fourth-order valence-corrected chi connectivity index (χ4v) is 1.34. The Balaban J connectivity index is 2.87. The minimum atomic E-state index is 0.289. The van der Waals surface area contributed by atoms with Gasteiger partial charge in [-0.3, -0.25) is 0 Å². The van der Waals surface area contributed by atoms with Crippen molar-refractivity contribution < 1.29 is 9.47 Å². The molecule has 3 nitrogen and oxygen atoms in total. The zero-order valence-corrected chi connectivity index (χ0v) is 10.7. The molecule has 0 amide bonds. The van der Waals surface area contributed by atoms with Crippen molar-refractivity contribution in [3.05, 3.63) is 0 Å². The Morgan fingerprint density at radius 3 is 2.60 bits per heavy atom. The Morgan fingerprint density at radius 1 is 1.13 bits per heavy atom. The van der Waals surface area contributed by atoms with E-state index in [1.807, 2.05) is 6.92 Å². The van der Waals surface area contributed by atoms with Gasteiger partial charge in [0, 0.05) is 32.2 Å². The molecule has 1 atom stereocenters. The smallest absolute Gasteiger partial charge is 0.0590 e. The summed E-state index contributed by atoms with van der Waals surface area (Å²) in [7, 11) is 1.71. The molecule has 0 aliphatic rings. The molecule has 0 bridgehead atoms. The molecule has 4 heteroatoms. The number of nitrogens with one attached hydrogen (secondary N) is 1. The second kappa shape index (κ2) is 12.2. The highest BCUT2D eigenvalue weighted by Gasteiger charge is 1.95. The van der Waals surface area contributed by atoms with Gasteiger partial charge >= 0.3 is 0 Å². The SMILES string of the molecule is COCCCOCCNCCCC(C)Cl. The average Bonchev–Trinajstić information content (AvgIpc) is 2.20. The molecule has 0 spiro atoms. The molecule has 0 aromatic heterocycles. The summed E-state index contributed by atoms with van der Waals surface area (Å²) in [5.74, 6) is 0. The lowest BCUT2D eigenvalue weighted by Gasteiger charge is -2.06. The van der Waals surface area contributed by atoms with Gasteiger partial charge in [0.05, 0.1) is 6.61 Å². The van der Waals surface area contributed by atoms with Gasteiger partial charge in [-0.1, -0.05) is 0 Å². The molecule has 0 fully saturated rings. The Bertz CT molecular complexity index is 123. The van der Waals surface area contributed by atoms with Gasteiger partial charge in [0.2, 0.25) is 0 Å². The molecule has 1 unspecified atom stereocenters. The maximum Gasteiger partial charge on any atom is 0.0590 e. The molecule has 1 N–H and O–H groups in total. The van der Waals surface area contributed by atoms with Crippen molar-refractivity contribution in [2.24, 2.45) is 0 Å². The van der Waals surface area contributed by atoms with Crippen LogP contribution < -0.4 is 5.32 Å². The maximum absolute atomic E-state index is 5.82. The third kappa shape index (κ3) is 14.2. The number of ether oxygens (including phenoxy) is 2. The van der Waals surface area contributed by atoms with E-state index in [9.17, 15) is 0 Å². The van der Waals surface area contributed by atoms with Crippen LogP contribution >= 0.6 is 11.6 Å².